The number of anilines is 2. The minimum absolute atomic E-state index is 0.816. The molecule has 1 N–H and O–H groups in total. The summed E-state index contributed by atoms with van der Waals surface area (Å²) in [5.41, 5.74) is 4.97. The fraction of sp³-hybridized carbons (Fsp3) is 0. The highest BCUT2D eigenvalue weighted by atomic mass is 15.5. The number of fused-ring (bicyclic) bond motifs is 1. The van der Waals surface area contributed by atoms with Crippen LogP contribution in [0.3, 0.4) is 0 Å². The van der Waals surface area contributed by atoms with Crippen molar-refractivity contribution in [2.24, 2.45) is 4.99 Å². The van der Waals surface area contributed by atoms with Crippen LogP contribution < -0.4 is 10.4 Å². The highest BCUT2D eigenvalue weighted by molar-refractivity contribution is 5.80. The number of hydrogen-bond acceptors (Lipinski definition) is 4. The second kappa shape index (κ2) is 3.66. The summed E-state index contributed by atoms with van der Waals surface area (Å²) in [6.07, 6.45) is 3.42. The van der Waals surface area contributed by atoms with E-state index in [1.807, 2.05) is 47.5 Å². The lowest BCUT2D eigenvalue weighted by molar-refractivity contribution is 0.906. The van der Waals surface area contributed by atoms with Gasteiger partial charge in [-0.25, -0.2) is 15.0 Å². The van der Waals surface area contributed by atoms with Crippen LogP contribution in [0.2, 0.25) is 0 Å². The molecule has 0 bridgehead atoms. The molecule has 4 heteroatoms. The molecule has 0 unspecified atom stereocenters. The third-order valence-electron chi connectivity index (χ3n) is 2.38. The van der Waals surface area contributed by atoms with Gasteiger partial charge < -0.3 is 0 Å². The SMILES string of the molecule is C1=Nc2cccnc2N(c2ccccc2)N1. The summed E-state index contributed by atoms with van der Waals surface area (Å²) in [5, 5.41) is 1.91. The molecule has 1 aromatic heterocycles. The Morgan fingerprint density at radius 2 is 1.88 bits per heavy atom. The van der Waals surface area contributed by atoms with Crippen molar-refractivity contribution in [3.63, 3.8) is 0 Å². The molecule has 1 aromatic carbocycles. The maximum absolute atomic E-state index is 4.33. The molecule has 2 heterocycles. The van der Waals surface area contributed by atoms with Gasteiger partial charge in [0.15, 0.2) is 5.82 Å². The van der Waals surface area contributed by atoms with E-state index in [0.29, 0.717) is 0 Å². The molecule has 0 amide bonds. The molecule has 0 spiro atoms. The Morgan fingerprint density at radius 1 is 1.00 bits per heavy atom. The maximum atomic E-state index is 4.33. The van der Waals surface area contributed by atoms with Crippen LogP contribution in [0.25, 0.3) is 0 Å². The van der Waals surface area contributed by atoms with Crippen LogP contribution in [0.15, 0.2) is 53.7 Å². The first-order chi connectivity index (χ1) is 7.95. The monoisotopic (exact) mass is 210 g/mol. The number of benzene rings is 1. The van der Waals surface area contributed by atoms with Crippen LogP contribution >= 0.6 is 0 Å². The number of rotatable bonds is 1. The zero-order valence-electron chi connectivity index (χ0n) is 8.54. The fourth-order valence-electron chi connectivity index (χ4n) is 1.65. The predicted octanol–water partition coefficient (Wildman–Crippen LogP) is 2.40. The third-order valence-corrected chi connectivity index (χ3v) is 2.38. The summed E-state index contributed by atoms with van der Waals surface area (Å²) < 4.78 is 0. The van der Waals surface area contributed by atoms with E-state index < -0.39 is 0 Å². The number of para-hydroxylation sites is 1. The first kappa shape index (κ1) is 8.91. The summed E-state index contributed by atoms with van der Waals surface area (Å²) in [5.74, 6) is 0.816. The summed E-state index contributed by atoms with van der Waals surface area (Å²) in [4.78, 5) is 8.56. The number of hydrogen-bond donors (Lipinski definition) is 1. The lowest BCUT2D eigenvalue weighted by Gasteiger charge is -2.26. The molecule has 1 aliphatic rings. The van der Waals surface area contributed by atoms with E-state index in [1.54, 1.807) is 12.5 Å². The number of pyridine rings is 1. The van der Waals surface area contributed by atoms with Crippen molar-refractivity contribution in [1.82, 2.24) is 10.4 Å². The Labute approximate surface area is 93.2 Å². The number of nitrogens with zero attached hydrogens (tertiary/aromatic N) is 3. The Kier molecular flexibility index (Phi) is 2.04. The maximum Gasteiger partial charge on any atom is 0.178 e. The van der Waals surface area contributed by atoms with Gasteiger partial charge in [0.25, 0.3) is 0 Å². The van der Waals surface area contributed by atoms with Crippen molar-refractivity contribution in [3.05, 3.63) is 48.7 Å². The Morgan fingerprint density at radius 3 is 2.75 bits per heavy atom. The van der Waals surface area contributed by atoms with Gasteiger partial charge in [0.05, 0.1) is 5.69 Å². The van der Waals surface area contributed by atoms with E-state index in [4.69, 9.17) is 0 Å². The molecular formula is C12H10N4. The number of hydrazine groups is 1. The minimum Gasteiger partial charge on any atom is -0.282 e. The molecule has 0 saturated heterocycles. The van der Waals surface area contributed by atoms with Crippen LogP contribution in [0.4, 0.5) is 17.2 Å². The molecule has 1 aliphatic heterocycles. The van der Waals surface area contributed by atoms with Crippen molar-refractivity contribution in [3.8, 4) is 0 Å². The Bertz CT molecular complexity index is 522. The highest BCUT2D eigenvalue weighted by Gasteiger charge is 2.15. The summed E-state index contributed by atoms with van der Waals surface area (Å²) in [6, 6.07) is 13.8. The largest absolute Gasteiger partial charge is 0.282 e. The second-order valence-electron chi connectivity index (χ2n) is 3.40. The van der Waals surface area contributed by atoms with Crippen molar-refractivity contribution >= 4 is 23.5 Å². The Hall–Kier alpha value is -2.36. The van der Waals surface area contributed by atoms with Gasteiger partial charge in [-0.2, -0.15) is 0 Å². The summed E-state index contributed by atoms with van der Waals surface area (Å²) >= 11 is 0. The summed E-state index contributed by atoms with van der Waals surface area (Å²) in [7, 11) is 0. The van der Waals surface area contributed by atoms with Crippen LogP contribution in [0.5, 0.6) is 0 Å². The third kappa shape index (κ3) is 1.40. The van der Waals surface area contributed by atoms with Gasteiger partial charge in [-0.3, -0.25) is 5.43 Å². The number of aromatic nitrogens is 1. The molecule has 16 heavy (non-hydrogen) atoms. The van der Waals surface area contributed by atoms with E-state index >= 15 is 0 Å². The second-order valence-corrected chi connectivity index (χ2v) is 3.40. The quantitative estimate of drug-likeness (QED) is 0.785. The summed E-state index contributed by atoms with van der Waals surface area (Å²) in [6.45, 7) is 0. The molecule has 0 fully saturated rings. The van der Waals surface area contributed by atoms with Gasteiger partial charge in [-0.1, -0.05) is 18.2 Å². The van der Waals surface area contributed by atoms with Gasteiger partial charge in [0, 0.05) is 6.20 Å². The average molecular weight is 210 g/mol. The number of aliphatic imine (C=N–C) groups is 1. The molecular weight excluding hydrogens is 200 g/mol. The van der Waals surface area contributed by atoms with Crippen LogP contribution in [0, 0.1) is 0 Å². The standard InChI is InChI=1S/C12H10N4/c1-2-5-10(6-3-1)16-12-11(14-9-15-16)7-4-8-13-12/h1-9H,(H,14,15). The molecule has 0 saturated carbocycles. The molecule has 0 aliphatic carbocycles. The van der Waals surface area contributed by atoms with Crippen molar-refractivity contribution in [1.29, 1.82) is 0 Å². The van der Waals surface area contributed by atoms with Gasteiger partial charge in [-0.05, 0) is 24.3 Å². The highest BCUT2D eigenvalue weighted by Crippen LogP contribution is 2.31. The zero-order valence-corrected chi connectivity index (χ0v) is 8.54. The van der Waals surface area contributed by atoms with E-state index in [9.17, 15) is 0 Å². The van der Waals surface area contributed by atoms with Crippen LogP contribution in [-0.4, -0.2) is 11.3 Å². The molecule has 78 valence electrons. The van der Waals surface area contributed by atoms with Crippen molar-refractivity contribution < 1.29 is 0 Å². The lowest BCUT2D eigenvalue weighted by atomic mass is 10.3. The van der Waals surface area contributed by atoms with Crippen molar-refractivity contribution in [2.45, 2.75) is 0 Å². The average Bonchev–Trinajstić information content (AvgIpc) is 2.39. The molecule has 2 aromatic rings. The zero-order chi connectivity index (χ0) is 10.8. The van der Waals surface area contributed by atoms with Gasteiger partial charge in [0.1, 0.15) is 12.0 Å². The number of nitrogens with one attached hydrogen (secondary N) is 1. The van der Waals surface area contributed by atoms with E-state index in [2.05, 4.69) is 15.4 Å². The van der Waals surface area contributed by atoms with E-state index in [1.165, 1.54) is 0 Å². The first-order valence-corrected chi connectivity index (χ1v) is 5.04. The van der Waals surface area contributed by atoms with Gasteiger partial charge >= 0.3 is 0 Å². The first-order valence-electron chi connectivity index (χ1n) is 5.04. The van der Waals surface area contributed by atoms with E-state index in [0.717, 1.165) is 17.2 Å². The lowest BCUT2D eigenvalue weighted by Crippen LogP contribution is -2.35. The fourth-order valence-corrected chi connectivity index (χ4v) is 1.65. The molecule has 4 nitrogen and oxygen atoms in total. The van der Waals surface area contributed by atoms with Gasteiger partial charge in [-0.15, -0.1) is 0 Å². The molecule has 0 atom stereocenters. The molecule has 0 radical (unpaired) electrons. The minimum atomic E-state index is 0.816. The van der Waals surface area contributed by atoms with Crippen LogP contribution in [-0.2, 0) is 0 Å². The predicted molar refractivity (Wildman–Crippen MR) is 64.1 cm³/mol. The smallest absolute Gasteiger partial charge is 0.178 e. The molecule has 3 rings (SSSR count). The topological polar surface area (TPSA) is 40.5 Å². The normalized spacial score (nSPS) is 13.1. The van der Waals surface area contributed by atoms with Crippen molar-refractivity contribution in [2.75, 3.05) is 5.01 Å². The van der Waals surface area contributed by atoms with Crippen LogP contribution in [0.1, 0.15) is 0 Å². The Balaban J connectivity index is 2.09. The van der Waals surface area contributed by atoms with Gasteiger partial charge in [0.2, 0.25) is 0 Å². The van der Waals surface area contributed by atoms with E-state index in [-0.39, 0.29) is 0 Å².